The second kappa shape index (κ2) is 7.10. The van der Waals surface area contributed by atoms with Gasteiger partial charge in [-0.1, -0.05) is 16.8 Å². The molecule has 1 fully saturated rings. The zero-order chi connectivity index (χ0) is 16.2. The lowest BCUT2D eigenvalue weighted by Crippen LogP contribution is -2.37. The summed E-state index contributed by atoms with van der Waals surface area (Å²) in [6.07, 6.45) is 2.07. The van der Waals surface area contributed by atoms with Crippen molar-refractivity contribution < 1.29 is 14.4 Å². The van der Waals surface area contributed by atoms with E-state index < -0.39 is 5.97 Å². The Morgan fingerprint density at radius 2 is 2.00 bits per heavy atom. The van der Waals surface area contributed by atoms with Crippen molar-refractivity contribution in [1.82, 2.24) is 15.0 Å². The van der Waals surface area contributed by atoms with Gasteiger partial charge in [-0.2, -0.15) is 4.98 Å². The number of halogens is 1. The van der Waals surface area contributed by atoms with Gasteiger partial charge in [0, 0.05) is 23.6 Å². The van der Waals surface area contributed by atoms with E-state index in [0.29, 0.717) is 36.0 Å². The van der Waals surface area contributed by atoms with Crippen molar-refractivity contribution in [2.75, 3.05) is 19.6 Å². The number of benzene rings is 1. The molecule has 0 amide bonds. The molecule has 1 N–H and O–H groups in total. The minimum Gasteiger partial charge on any atom is -0.481 e. The zero-order valence-corrected chi connectivity index (χ0v) is 13.4. The summed E-state index contributed by atoms with van der Waals surface area (Å²) in [5, 5.41) is 13.7. The number of aliphatic carboxylic acids is 1. The molecule has 7 heteroatoms. The molecule has 0 unspecified atom stereocenters. The highest BCUT2D eigenvalue weighted by molar-refractivity contribution is 6.30. The number of hydrogen-bond donors (Lipinski definition) is 1. The van der Waals surface area contributed by atoms with Crippen LogP contribution in [0, 0.1) is 5.92 Å². The summed E-state index contributed by atoms with van der Waals surface area (Å²) in [5.41, 5.74) is 0.867. The Balaban J connectivity index is 1.52. The van der Waals surface area contributed by atoms with Crippen LogP contribution < -0.4 is 0 Å². The van der Waals surface area contributed by atoms with Crippen molar-refractivity contribution in [3.05, 3.63) is 35.2 Å². The fraction of sp³-hybridized carbons (Fsp3) is 0.438. The summed E-state index contributed by atoms with van der Waals surface area (Å²) in [6, 6.07) is 7.29. The molecule has 0 bridgehead atoms. The fourth-order valence-corrected chi connectivity index (χ4v) is 2.86. The molecule has 122 valence electrons. The highest BCUT2D eigenvalue weighted by Gasteiger charge is 2.24. The van der Waals surface area contributed by atoms with Crippen LogP contribution in [0.25, 0.3) is 11.4 Å². The van der Waals surface area contributed by atoms with Gasteiger partial charge < -0.3 is 14.5 Å². The number of nitrogens with zero attached hydrogens (tertiary/aromatic N) is 3. The van der Waals surface area contributed by atoms with Gasteiger partial charge in [-0.05, 0) is 50.2 Å². The molecule has 1 aliphatic heterocycles. The third-order valence-corrected chi connectivity index (χ3v) is 4.40. The second-order valence-electron chi connectivity index (χ2n) is 5.72. The molecule has 23 heavy (non-hydrogen) atoms. The molecule has 1 aliphatic rings. The summed E-state index contributed by atoms with van der Waals surface area (Å²) in [7, 11) is 0. The summed E-state index contributed by atoms with van der Waals surface area (Å²) in [4.78, 5) is 17.6. The van der Waals surface area contributed by atoms with Gasteiger partial charge in [0.1, 0.15) is 0 Å². The molecule has 6 nitrogen and oxygen atoms in total. The lowest BCUT2D eigenvalue weighted by atomic mass is 9.97. The summed E-state index contributed by atoms with van der Waals surface area (Å²) >= 11 is 5.86. The van der Waals surface area contributed by atoms with E-state index in [9.17, 15) is 4.79 Å². The fourth-order valence-electron chi connectivity index (χ4n) is 2.73. The van der Waals surface area contributed by atoms with Gasteiger partial charge in [0.15, 0.2) is 0 Å². The second-order valence-corrected chi connectivity index (χ2v) is 6.16. The molecule has 2 aromatic rings. The average molecular weight is 336 g/mol. The Hall–Kier alpha value is -1.92. The van der Waals surface area contributed by atoms with Crippen molar-refractivity contribution in [3.8, 4) is 11.4 Å². The molecular weight excluding hydrogens is 318 g/mol. The molecular formula is C16H18ClN3O3. The van der Waals surface area contributed by atoms with Gasteiger partial charge in [0.2, 0.25) is 11.7 Å². The predicted molar refractivity (Wildman–Crippen MR) is 85.2 cm³/mol. The number of aromatic nitrogens is 2. The summed E-state index contributed by atoms with van der Waals surface area (Å²) in [5.74, 6) is 0.261. The maximum Gasteiger partial charge on any atom is 0.306 e. The van der Waals surface area contributed by atoms with E-state index in [0.717, 1.165) is 25.2 Å². The molecule has 0 radical (unpaired) electrons. The molecule has 2 heterocycles. The predicted octanol–water partition coefficient (Wildman–Crippen LogP) is 2.73. The normalized spacial score (nSPS) is 16.6. The van der Waals surface area contributed by atoms with Crippen LogP contribution in [0.5, 0.6) is 0 Å². The number of carboxylic acids is 1. The maximum atomic E-state index is 10.9. The average Bonchev–Trinajstić information content (AvgIpc) is 3.03. The topological polar surface area (TPSA) is 79.5 Å². The van der Waals surface area contributed by atoms with Crippen molar-refractivity contribution >= 4 is 17.6 Å². The monoisotopic (exact) mass is 335 g/mol. The number of hydrogen-bond acceptors (Lipinski definition) is 5. The smallest absolute Gasteiger partial charge is 0.306 e. The first kappa shape index (κ1) is 16.0. The van der Waals surface area contributed by atoms with Gasteiger partial charge in [-0.3, -0.25) is 4.79 Å². The van der Waals surface area contributed by atoms with Gasteiger partial charge >= 0.3 is 5.97 Å². The van der Waals surface area contributed by atoms with Gasteiger partial charge in [-0.15, -0.1) is 0 Å². The zero-order valence-electron chi connectivity index (χ0n) is 12.6. The van der Waals surface area contributed by atoms with E-state index in [1.165, 1.54) is 0 Å². The van der Waals surface area contributed by atoms with Crippen molar-refractivity contribution in [2.24, 2.45) is 5.92 Å². The number of carbonyl (C=O) groups is 1. The highest BCUT2D eigenvalue weighted by Crippen LogP contribution is 2.20. The van der Waals surface area contributed by atoms with Crippen LogP contribution in [0.4, 0.5) is 0 Å². The van der Waals surface area contributed by atoms with E-state index in [2.05, 4.69) is 15.0 Å². The Kier molecular flexibility index (Phi) is 4.93. The van der Waals surface area contributed by atoms with Crippen LogP contribution >= 0.6 is 11.6 Å². The van der Waals surface area contributed by atoms with Crippen molar-refractivity contribution in [3.63, 3.8) is 0 Å². The lowest BCUT2D eigenvalue weighted by molar-refractivity contribution is -0.143. The summed E-state index contributed by atoms with van der Waals surface area (Å²) in [6.45, 7) is 2.40. The minimum absolute atomic E-state index is 0.203. The molecule has 1 saturated heterocycles. The van der Waals surface area contributed by atoms with Crippen LogP contribution in [-0.4, -0.2) is 45.8 Å². The van der Waals surface area contributed by atoms with E-state index in [-0.39, 0.29) is 5.92 Å². The van der Waals surface area contributed by atoms with Gasteiger partial charge in [-0.25, -0.2) is 0 Å². The Morgan fingerprint density at radius 3 is 2.65 bits per heavy atom. The third kappa shape index (κ3) is 4.09. The number of rotatable bonds is 5. The highest BCUT2D eigenvalue weighted by atomic mass is 35.5. The first-order valence-corrected chi connectivity index (χ1v) is 8.03. The maximum absolute atomic E-state index is 10.9. The first-order chi connectivity index (χ1) is 11.1. The summed E-state index contributed by atoms with van der Waals surface area (Å²) < 4.78 is 5.28. The van der Waals surface area contributed by atoms with E-state index in [1.54, 1.807) is 12.1 Å². The van der Waals surface area contributed by atoms with E-state index >= 15 is 0 Å². The standard InChI is InChI=1S/C16H18ClN3O3/c17-13-3-1-11(2-4-13)15-18-14(23-19-15)7-10-20-8-5-12(6-9-20)16(21)22/h1-4,12H,5-10H2,(H,21,22). The molecule has 0 aliphatic carbocycles. The largest absolute Gasteiger partial charge is 0.481 e. The van der Waals surface area contributed by atoms with E-state index in [1.807, 2.05) is 12.1 Å². The number of carboxylic acid groups (broad SMARTS) is 1. The quantitative estimate of drug-likeness (QED) is 0.905. The molecule has 1 aromatic carbocycles. The first-order valence-electron chi connectivity index (χ1n) is 7.65. The van der Waals surface area contributed by atoms with Crippen LogP contribution in [0.3, 0.4) is 0 Å². The van der Waals surface area contributed by atoms with E-state index in [4.69, 9.17) is 21.2 Å². The van der Waals surface area contributed by atoms with Crippen LogP contribution in [0.1, 0.15) is 18.7 Å². The lowest BCUT2D eigenvalue weighted by Gasteiger charge is -2.29. The van der Waals surface area contributed by atoms with Crippen molar-refractivity contribution in [2.45, 2.75) is 19.3 Å². The number of piperidine rings is 1. The SMILES string of the molecule is O=C(O)C1CCN(CCc2nc(-c3ccc(Cl)cc3)no2)CC1. The van der Waals surface area contributed by atoms with Gasteiger partial charge in [0.25, 0.3) is 0 Å². The Morgan fingerprint density at radius 1 is 1.30 bits per heavy atom. The molecule has 0 saturated carbocycles. The molecule has 0 atom stereocenters. The van der Waals surface area contributed by atoms with Crippen molar-refractivity contribution in [1.29, 1.82) is 0 Å². The van der Waals surface area contributed by atoms with Crippen LogP contribution in [-0.2, 0) is 11.2 Å². The molecule has 3 rings (SSSR count). The molecule has 1 aromatic heterocycles. The third-order valence-electron chi connectivity index (χ3n) is 4.15. The van der Waals surface area contributed by atoms with Crippen LogP contribution in [0.2, 0.25) is 5.02 Å². The molecule has 0 spiro atoms. The number of likely N-dealkylation sites (tertiary alicyclic amines) is 1. The Labute approximate surface area is 139 Å². The van der Waals surface area contributed by atoms with Gasteiger partial charge in [0.05, 0.1) is 5.92 Å². The Bertz CT molecular complexity index is 663. The minimum atomic E-state index is -0.686. The van der Waals surface area contributed by atoms with Crippen LogP contribution in [0.15, 0.2) is 28.8 Å².